The van der Waals surface area contributed by atoms with Crippen LogP contribution in [-0.2, 0) is 43.0 Å². The zero-order valence-corrected chi connectivity index (χ0v) is 38.7. The topological polar surface area (TPSA) is 126 Å². The van der Waals surface area contributed by atoms with Crippen molar-refractivity contribution in [1.29, 1.82) is 0 Å². The maximum absolute atomic E-state index is 14.0. The molecule has 0 unspecified atom stereocenters. The Labute approximate surface area is 372 Å². The van der Waals surface area contributed by atoms with Crippen LogP contribution in [0, 0.1) is 0 Å². The highest BCUT2D eigenvalue weighted by Crippen LogP contribution is 2.57. The van der Waals surface area contributed by atoms with Gasteiger partial charge in [0.1, 0.15) is 35.8 Å². The third-order valence-electron chi connectivity index (χ3n) is 13.1. The molecule has 0 radical (unpaired) electrons. The predicted molar refractivity (Wildman–Crippen MR) is 242 cm³/mol. The number of benzene rings is 4. The molecular formula is C49H60B2O12. The second-order valence-electron chi connectivity index (χ2n) is 18.1. The monoisotopic (exact) mass is 862 g/mol. The normalized spacial score (nSPS) is 18.5. The number of ether oxygens (including phenoxy) is 6. The molecule has 0 saturated carbocycles. The lowest BCUT2D eigenvalue weighted by Gasteiger charge is -2.35. The van der Waals surface area contributed by atoms with Crippen molar-refractivity contribution in [1.82, 2.24) is 0 Å². The second kappa shape index (κ2) is 17.7. The molecule has 4 aromatic rings. The van der Waals surface area contributed by atoms with E-state index < -0.39 is 54.0 Å². The van der Waals surface area contributed by atoms with Crippen molar-refractivity contribution >= 4 is 37.1 Å². The molecule has 2 saturated heterocycles. The number of hydrogen-bond acceptors (Lipinski definition) is 12. The second-order valence-corrected chi connectivity index (χ2v) is 18.1. The zero-order chi connectivity index (χ0) is 45.5. The van der Waals surface area contributed by atoms with Gasteiger partial charge in [0.2, 0.25) is 0 Å². The van der Waals surface area contributed by atoms with E-state index in [1.165, 1.54) is 0 Å². The predicted octanol–water partition coefficient (Wildman–Crippen LogP) is 7.05. The van der Waals surface area contributed by atoms with Gasteiger partial charge in [0.05, 0.1) is 54.2 Å². The van der Waals surface area contributed by atoms with E-state index in [9.17, 15) is 9.59 Å². The van der Waals surface area contributed by atoms with Gasteiger partial charge in [0.15, 0.2) is 0 Å². The number of esters is 2. The maximum Gasteiger partial charge on any atom is 0.494 e. The van der Waals surface area contributed by atoms with Crippen LogP contribution in [0.15, 0.2) is 72.8 Å². The van der Waals surface area contributed by atoms with Crippen molar-refractivity contribution in [2.24, 2.45) is 0 Å². The van der Waals surface area contributed by atoms with Crippen LogP contribution in [0.5, 0.6) is 11.5 Å². The molecule has 0 aromatic heterocycles. The van der Waals surface area contributed by atoms with Crippen LogP contribution in [0.3, 0.4) is 0 Å². The Morgan fingerprint density at radius 3 is 1.21 bits per heavy atom. The Balaban J connectivity index is 1.57. The first-order chi connectivity index (χ1) is 29.9. The van der Waals surface area contributed by atoms with Crippen LogP contribution in [0.25, 0.3) is 11.1 Å². The largest absolute Gasteiger partial charge is 0.494 e. The van der Waals surface area contributed by atoms with Crippen LogP contribution in [-0.4, -0.2) is 102 Å². The molecule has 0 atom stereocenters. The highest BCUT2D eigenvalue weighted by Gasteiger charge is 2.55. The lowest BCUT2D eigenvalue weighted by Crippen LogP contribution is -2.41. The average Bonchev–Trinajstić information content (AvgIpc) is 3.75. The molecule has 0 N–H and O–H groups in total. The van der Waals surface area contributed by atoms with Crippen molar-refractivity contribution in [2.45, 2.75) is 97.1 Å². The van der Waals surface area contributed by atoms with Crippen molar-refractivity contribution in [3.05, 3.63) is 106 Å². The molecule has 7 rings (SSSR count). The Kier molecular flexibility index (Phi) is 13.0. The van der Waals surface area contributed by atoms with Crippen molar-refractivity contribution < 1.29 is 56.6 Å². The van der Waals surface area contributed by atoms with Gasteiger partial charge in [-0.2, -0.15) is 0 Å². The molecule has 4 aromatic carbocycles. The average molecular weight is 863 g/mol. The van der Waals surface area contributed by atoms with Gasteiger partial charge in [-0.25, -0.2) is 9.59 Å². The molecule has 63 heavy (non-hydrogen) atoms. The molecule has 2 fully saturated rings. The lowest BCUT2D eigenvalue weighted by atomic mass is 9.64. The molecular weight excluding hydrogens is 802 g/mol. The molecule has 3 aliphatic rings. The summed E-state index contributed by atoms with van der Waals surface area (Å²) in [5.74, 6) is -0.416. The van der Waals surface area contributed by atoms with E-state index in [0.717, 1.165) is 33.2 Å². The molecule has 334 valence electrons. The van der Waals surface area contributed by atoms with Gasteiger partial charge in [0, 0.05) is 14.2 Å². The number of carbonyl (C=O) groups excluding carboxylic acids is 2. The van der Waals surface area contributed by atoms with Gasteiger partial charge in [-0.1, -0.05) is 48.5 Å². The standard InChI is InChI=1S/C49H60B2O12/c1-13-56-43(52)37-27-31(15-21-41(37)58-25-23-54-11)49(32-16-22-42(59-26-24-55-12)38(28-32)44(53)57-14-2)39-29-33(50-60-45(3,4)46(5,6)61-50)17-19-35(39)36-20-18-34(30-40(36)49)51-62-47(7,8)48(9,10)63-51/h15-22,27-30H,13-14,23-26H2,1-12H3. The van der Waals surface area contributed by atoms with Crippen molar-refractivity contribution in [2.75, 3.05) is 53.9 Å². The fraction of sp³-hybridized carbons (Fsp3) is 0.469. The minimum absolute atomic E-state index is 0.152. The zero-order valence-electron chi connectivity index (χ0n) is 38.7. The molecule has 12 nitrogen and oxygen atoms in total. The van der Waals surface area contributed by atoms with E-state index in [0.29, 0.717) is 35.8 Å². The first kappa shape index (κ1) is 46.3. The molecule has 2 aliphatic heterocycles. The summed E-state index contributed by atoms with van der Waals surface area (Å²) in [6.45, 7) is 21.1. The summed E-state index contributed by atoms with van der Waals surface area (Å²) in [5, 5.41) is 0. The summed E-state index contributed by atoms with van der Waals surface area (Å²) >= 11 is 0. The quantitative estimate of drug-likeness (QED) is 0.0574. The Morgan fingerprint density at radius 1 is 0.508 bits per heavy atom. The SMILES string of the molecule is CCOC(=O)c1cc(C2(c3ccc(OCCOC)c(C(=O)OCC)c3)c3cc(B4OC(C)(C)C(C)(C)O4)ccc3-c3ccc(B4OC(C)(C)C(C)(C)O4)cc32)ccc1OCCOC. The Morgan fingerprint density at radius 2 is 0.873 bits per heavy atom. The van der Waals surface area contributed by atoms with E-state index in [4.69, 9.17) is 47.0 Å². The maximum atomic E-state index is 14.0. The van der Waals surface area contributed by atoms with Gasteiger partial charge < -0.3 is 47.0 Å². The number of carbonyl (C=O) groups is 2. The molecule has 2 heterocycles. The highest BCUT2D eigenvalue weighted by molar-refractivity contribution is 6.62. The van der Waals surface area contributed by atoms with Crippen molar-refractivity contribution in [3.8, 4) is 22.6 Å². The third-order valence-corrected chi connectivity index (χ3v) is 13.1. The lowest BCUT2D eigenvalue weighted by molar-refractivity contribution is 0.00578. The molecule has 14 heteroatoms. The van der Waals surface area contributed by atoms with E-state index in [-0.39, 0.29) is 37.6 Å². The van der Waals surface area contributed by atoms with Gasteiger partial charge in [0.25, 0.3) is 0 Å². The minimum atomic E-state index is -1.22. The van der Waals surface area contributed by atoms with E-state index >= 15 is 0 Å². The fourth-order valence-electron chi connectivity index (χ4n) is 8.38. The summed E-state index contributed by atoms with van der Waals surface area (Å²) in [7, 11) is 1.79. The van der Waals surface area contributed by atoms with Crippen LogP contribution in [0.4, 0.5) is 0 Å². The van der Waals surface area contributed by atoms with Crippen LogP contribution in [0.2, 0.25) is 0 Å². The smallest absolute Gasteiger partial charge is 0.490 e. The summed E-state index contributed by atoms with van der Waals surface area (Å²) < 4.78 is 60.7. The summed E-state index contributed by atoms with van der Waals surface area (Å²) in [5.41, 5.74) is 3.41. The van der Waals surface area contributed by atoms with Gasteiger partial charge in [-0.15, -0.1) is 0 Å². The van der Waals surface area contributed by atoms with Gasteiger partial charge >= 0.3 is 26.2 Å². The van der Waals surface area contributed by atoms with Crippen LogP contribution < -0.4 is 20.4 Å². The first-order valence-electron chi connectivity index (χ1n) is 21.7. The summed E-state index contributed by atoms with van der Waals surface area (Å²) in [4.78, 5) is 28.0. The summed E-state index contributed by atoms with van der Waals surface area (Å²) in [6, 6.07) is 23.7. The number of fused-ring (bicyclic) bond motifs is 3. The number of hydrogen-bond donors (Lipinski definition) is 0. The minimum Gasteiger partial charge on any atom is -0.490 e. The van der Waals surface area contributed by atoms with E-state index in [1.807, 2.05) is 91.8 Å². The summed E-state index contributed by atoms with van der Waals surface area (Å²) in [6.07, 6.45) is 0. The number of methoxy groups -OCH3 is 2. The molecule has 0 bridgehead atoms. The first-order valence-corrected chi connectivity index (χ1v) is 21.7. The van der Waals surface area contributed by atoms with E-state index in [1.54, 1.807) is 40.2 Å². The molecule has 0 amide bonds. The third kappa shape index (κ3) is 8.30. The van der Waals surface area contributed by atoms with Crippen LogP contribution >= 0.6 is 0 Å². The highest BCUT2D eigenvalue weighted by atomic mass is 16.7. The fourth-order valence-corrected chi connectivity index (χ4v) is 8.38. The Hall–Kier alpha value is -4.69. The molecule has 0 spiro atoms. The Bertz CT molecular complexity index is 2160. The molecule has 1 aliphatic carbocycles. The van der Waals surface area contributed by atoms with Gasteiger partial charge in [-0.05, 0) is 138 Å². The van der Waals surface area contributed by atoms with Gasteiger partial charge in [-0.3, -0.25) is 0 Å². The van der Waals surface area contributed by atoms with E-state index in [2.05, 4.69) is 24.3 Å². The van der Waals surface area contributed by atoms with Crippen molar-refractivity contribution in [3.63, 3.8) is 0 Å². The number of rotatable bonds is 16. The van der Waals surface area contributed by atoms with Crippen LogP contribution in [0.1, 0.15) is 112 Å².